The molecule has 14 heavy (non-hydrogen) atoms. The smallest absolute Gasteiger partial charge is 0.411 e. The zero-order chi connectivity index (χ0) is 10.4. The first-order valence-electron chi connectivity index (χ1n) is 4.58. The van der Waals surface area contributed by atoms with E-state index in [1.165, 1.54) is 0 Å². The predicted octanol–water partition coefficient (Wildman–Crippen LogP) is 2.35. The van der Waals surface area contributed by atoms with Crippen LogP contribution < -0.4 is 5.32 Å². The summed E-state index contributed by atoms with van der Waals surface area (Å²) in [6.45, 7) is 4.27. The summed E-state index contributed by atoms with van der Waals surface area (Å²) in [6.07, 6.45) is 3.72. The molecule has 1 aromatic heterocycles. The molecule has 0 radical (unpaired) electrons. The van der Waals surface area contributed by atoms with Crippen LogP contribution in [0.1, 0.15) is 18.9 Å². The maximum Gasteiger partial charge on any atom is 0.411 e. The van der Waals surface area contributed by atoms with E-state index in [1.807, 2.05) is 13.8 Å². The van der Waals surface area contributed by atoms with Gasteiger partial charge >= 0.3 is 6.09 Å². The minimum atomic E-state index is -0.416. The van der Waals surface area contributed by atoms with Crippen molar-refractivity contribution >= 4 is 11.8 Å². The number of hydrogen-bond acceptors (Lipinski definition) is 3. The number of ether oxygens (including phenoxy) is 1. The summed E-state index contributed by atoms with van der Waals surface area (Å²) >= 11 is 0. The third kappa shape index (κ3) is 3.05. The number of rotatable bonds is 3. The van der Waals surface area contributed by atoms with Crippen LogP contribution >= 0.6 is 0 Å². The average Bonchev–Trinajstić information content (AvgIpc) is 2.18. The standard InChI is InChI=1S/C10H14N2O2/c1-3-6-14-10(13)12-9-4-5-11-7-8(9)2/h4-5,7H,3,6H2,1-2H3,(H,11,12,13). The molecule has 0 aliphatic rings. The summed E-state index contributed by atoms with van der Waals surface area (Å²) in [5.41, 5.74) is 1.65. The van der Waals surface area contributed by atoms with Gasteiger partial charge in [-0.15, -0.1) is 0 Å². The maximum atomic E-state index is 11.2. The molecule has 0 atom stereocenters. The van der Waals surface area contributed by atoms with Gasteiger partial charge in [-0.05, 0) is 25.0 Å². The molecule has 4 nitrogen and oxygen atoms in total. The number of anilines is 1. The van der Waals surface area contributed by atoms with Crippen molar-refractivity contribution < 1.29 is 9.53 Å². The van der Waals surface area contributed by atoms with Crippen molar-refractivity contribution in [3.05, 3.63) is 24.0 Å². The molecular formula is C10H14N2O2. The number of amides is 1. The van der Waals surface area contributed by atoms with Gasteiger partial charge in [-0.1, -0.05) is 6.92 Å². The van der Waals surface area contributed by atoms with Gasteiger partial charge in [0.1, 0.15) is 0 Å². The number of nitrogens with one attached hydrogen (secondary N) is 1. The molecule has 1 aromatic rings. The third-order valence-corrected chi connectivity index (χ3v) is 1.69. The fourth-order valence-corrected chi connectivity index (χ4v) is 0.954. The number of nitrogens with zero attached hydrogens (tertiary/aromatic N) is 1. The van der Waals surface area contributed by atoms with Crippen LogP contribution in [0.15, 0.2) is 18.5 Å². The number of aromatic nitrogens is 1. The molecule has 0 aromatic carbocycles. The fraction of sp³-hybridized carbons (Fsp3) is 0.400. The molecule has 1 amide bonds. The van der Waals surface area contributed by atoms with Gasteiger partial charge in [0.15, 0.2) is 0 Å². The second-order valence-corrected chi connectivity index (χ2v) is 2.95. The van der Waals surface area contributed by atoms with Crippen LogP contribution in [0.4, 0.5) is 10.5 Å². The Morgan fingerprint density at radius 3 is 3.07 bits per heavy atom. The van der Waals surface area contributed by atoms with Gasteiger partial charge in [0, 0.05) is 18.1 Å². The Morgan fingerprint density at radius 1 is 1.64 bits per heavy atom. The Bertz CT molecular complexity index is 313. The van der Waals surface area contributed by atoms with Gasteiger partial charge in [0.05, 0.1) is 6.61 Å². The lowest BCUT2D eigenvalue weighted by Crippen LogP contribution is -2.14. The van der Waals surface area contributed by atoms with E-state index in [4.69, 9.17) is 4.74 Å². The van der Waals surface area contributed by atoms with Crippen molar-refractivity contribution in [1.29, 1.82) is 0 Å². The van der Waals surface area contributed by atoms with Crippen LogP contribution in [0.2, 0.25) is 0 Å². The van der Waals surface area contributed by atoms with Gasteiger partial charge in [-0.25, -0.2) is 4.79 Å². The Hall–Kier alpha value is -1.58. The first-order chi connectivity index (χ1) is 6.74. The van der Waals surface area contributed by atoms with E-state index >= 15 is 0 Å². The van der Waals surface area contributed by atoms with Gasteiger partial charge in [-0.2, -0.15) is 0 Å². The zero-order valence-corrected chi connectivity index (χ0v) is 8.41. The lowest BCUT2D eigenvalue weighted by atomic mass is 10.3. The molecule has 0 fully saturated rings. The van der Waals surface area contributed by atoms with E-state index in [0.29, 0.717) is 6.61 Å². The molecule has 1 heterocycles. The highest BCUT2D eigenvalue weighted by Gasteiger charge is 2.03. The van der Waals surface area contributed by atoms with E-state index in [-0.39, 0.29) is 0 Å². The highest BCUT2D eigenvalue weighted by atomic mass is 16.5. The average molecular weight is 194 g/mol. The monoisotopic (exact) mass is 194 g/mol. The van der Waals surface area contributed by atoms with Crippen LogP contribution in [-0.2, 0) is 4.74 Å². The molecule has 0 bridgehead atoms. The van der Waals surface area contributed by atoms with E-state index in [2.05, 4.69) is 10.3 Å². The number of carbonyl (C=O) groups is 1. The van der Waals surface area contributed by atoms with E-state index in [9.17, 15) is 4.79 Å². The molecule has 0 aliphatic heterocycles. The van der Waals surface area contributed by atoms with Crippen molar-refractivity contribution in [1.82, 2.24) is 4.98 Å². The number of pyridine rings is 1. The summed E-state index contributed by atoms with van der Waals surface area (Å²) in [7, 11) is 0. The Morgan fingerprint density at radius 2 is 2.43 bits per heavy atom. The van der Waals surface area contributed by atoms with Gasteiger partial charge in [0.2, 0.25) is 0 Å². The SMILES string of the molecule is CCCOC(=O)Nc1ccncc1C. The highest BCUT2D eigenvalue weighted by molar-refractivity contribution is 5.85. The van der Waals surface area contributed by atoms with Crippen molar-refractivity contribution in [3.8, 4) is 0 Å². The van der Waals surface area contributed by atoms with E-state index in [0.717, 1.165) is 17.7 Å². The van der Waals surface area contributed by atoms with Crippen molar-refractivity contribution in [2.24, 2.45) is 0 Å². The van der Waals surface area contributed by atoms with Crippen molar-refractivity contribution in [2.45, 2.75) is 20.3 Å². The first-order valence-corrected chi connectivity index (χ1v) is 4.58. The Kier molecular flexibility index (Phi) is 3.91. The lowest BCUT2D eigenvalue weighted by Gasteiger charge is -2.07. The van der Waals surface area contributed by atoms with E-state index < -0.39 is 6.09 Å². The molecule has 4 heteroatoms. The topological polar surface area (TPSA) is 51.2 Å². The second-order valence-electron chi connectivity index (χ2n) is 2.95. The highest BCUT2D eigenvalue weighted by Crippen LogP contribution is 2.11. The Labute approximate surface area is 83.3 Å². The summed E-state index contributed by atoms with van der Waals surface area (Å²) < 4.78 is 4.88. The molecular weight excluding hydrogens is 180 g/mol. The number of aryl methyl sites for hydroxylation is 1. The minimum absolute atomic E-state index is 0.416. The van der Waals surface area contributed by atoms with Crippen molar-refractivity contribution in [2.75, 3.05) is 11.9 Å². The largest absolute Gasteiger partial charge is 0.449 e. The van der Waals surface area contributed by atoms with Gasteiger partial charge < -0.3 is 4.74 Å². The quantitative estimate of drug-likeness (QED) is 0.803. The Balaban J connectivity index is 2.52. The summed E-state index contributed by atoms with van der Waals surface area (Å²) in [6, 6.07) is 1.74. The molecule has 1 N–H and O–H groups in total. The number of hydrogen-bond donors (Lipinski definition) is 1. The maximum absolute atomic E-state index is 11.2. The normalized spacial score (nSPS) is 9.57. The van der Waals surface area contributed by atoms with Gasteiger partial charge in [0.25, 0.3) is 0 Å². The molecule has 0 saturated carbocycles. The lowest BCUT2D eigenvalue weighted by molar-refractivity contribution is 0.161. The minimum Gasteiger partial charge on any atom is -0.449 e. The second kappa shape index (κ2) is 5.21. The first kappa shape index (κ1) is 10.5. The van der Waals surface area contributed by atoms with E-state index in [1.54, 1.807) is 18.5 Å². The predicted molar refractivity (Wildman–Crippen MR) is 54.2 cm³/mol. The zero-order valence-electron chi connectivity index (χ0n) is 8.41. The van der Waals surface area contributed by atoms with Gasteiger partial charge in [-0.3, -0.25) is 10.3 Å². The summed E-state index contributed by atoms with van der Waals surface area (Å²) in [5.74, 6) is 0. The summed E-state index contributed by atoms with van der Waals surface area (Å²) in [5, 5.41) is 2.64. The van der Waals surface area contributed by atoms with Crippen LogP contribution in [-0.4, -0.2) is 17.7 Å². The molecule has 0 saturated heterocycles. The fourth-order valence-electron chi connectivity index (χ4n) is 0.954. The van der Waals surface area contributed by atoms with Crippen LogP contribution in [0.3, 0.4) is 0 Å². The van der Waals surface area contributed by atoms with Crippen LogP contribution in [0.25, 0.3) is 0 Å². The number of carbonyl (C=O) groups excluding carboxylic acids is 1. The molecule has 0 aliphatic carbocycles. The molecule has 0 spiro atoms. The molecule has 1 rings (SSSR count). The molecule has 76 valence electrons. The van der Waals surface area contributed by atoms with Crippen LogP contribution in [0.5, 0.6) is 0 Å². The molecule has 0 unspecified atom stereocenters. The van der Waals surface area contributed by atoms with Crippen LogP contribution in [0, 0.1) is 6.92 Å². The third-order valence-electron chi connectivity index (χ3n) is 1.69. The van der Waals surface area contributed by atoms with Crippen molar-refractivity contribution in [3.63, 3.8) is 0 Å². The summed E-state index contributed by atoms with van der Waals surface area (Å²) in [4.78, 5) is 15.1.